The van der Waals surface area contributed by atoms with E-state index >= 15 is 0 Å². The van der Waals surface area contributed by atoms with Gasteiger partial charge in [-0.3, -0.25) is 0 Å². The van der Waals surface area contributed by atoms with Crippen molar-refractivity contribution in [3.63, 3.8) is 0 Å². The topological polar surface area (TPSA) is 6.48 Å². The molecule has 0 fully saturated rings. The molecule has 61 heavy (non-hydrogen) atoms. The number of hydrogen-bond donors (Lipinski definition) is 0. The Morgan fingerprint density at radius 2 is 0.885 bits per heavy atom. The van der Waals surface area contributed by atoms with Gasteiger partial charge in [0.15, 0.2) is 0 Å². The number of rotatable bonds is 7. The van der Waals surface area contributed by atoms with Crippen molar-refractivity contribution >= 4 is 55.7 Å². The molecule has 2 nitrogen and oxygen atoms in total. The normalized spacial score (nSPS) is 12.9. The first kappa shape index (κ1) is 36.4. The van der Waals surface area contributed by atoms with Crippen LogP contribution in [0.2, 0.25) is 0 Å². The van der Waals surface area contributed by atoms with Gasteiger partial charge in [0, 0.05) is 33.4 Å². The summed E-state index contributed by atoms with van der Waals surface area (Å²) in [6.07, 6.45) is 0. The highest BCUT2D eigenvalue weighted by atomic mass is 15.2. The molecule has 0 atom stereocenters. The zero-order chi connectivity index (χ0) is 40.9. The van der Waals surface area contributed by atoms with E-state index < -0.39 is 0 Å². The average Bonchev–Trinajstić information content (AvgIpc) is 3.32. The van der Waals surface area contributed by atoms with Gasteiger partial charge in [0.05, 0.1) is 17.1 Å². The van der Waals surface area contributed by atoms with Gasteiger partial charge in [0.1, 0.15) is 0 Å². The van der Waals surface area contributed by atoms with Crippen LogP contribution in [0, 0.1) is 0 Å². The second-order valence-electron chi connectivity index (χ2n) is 16.6. The maximum Gasteiger partial charge on any atom is 0.0618 e. The van der Waals surface area contributed by atoms with Crippen LogP contribution in [0.25, 0.3) is 54.9 Å². The van der Waals surface area contributed by atoms with Gasteiger partial charge in [-0.05, 0) is 110 Å². The molecule has 1 aliphatic rings. The lowest BCUT2D eigenvalue weighted by Crippen LogP contribution is -2.31. The lowest BCUT2D eigenvalue weighted by Gasteiger charge is -2.43. The molecular weight excluding hydrogens is 737 g/mol. The van der Waals surface area contributed by atoms with Gasteiger partial charge in [0.25, 0.3) is 0 Å². The molecule has 0 N–H and O–H groups in total. The number of para-hydroxylation sites is 3. The van der Waals surface area contributed by atoms with Crippen LogP contribution in [0.5, 0.6) is 0 Å². The summed E-state index contributed by atoms with van der Waals surface area (Å²) in [4.78, 5) is 4.89. The van der Waals surface area contributed by atoms with E-state index in [4.69, 9.17) is 0 Å². The molecule has 0 aliphatic carbocycles. The Balaban J connectivity index is 1.11. The van der Waals surface area contributed by atoms with Crippen LogP contribution in [-0.4, -0.2) is 0 Å². The van der Waals surface area contributed by atoms with Gasteiger partial charge < -0.3 is 9.80 Å². The fraction of sp³-hybridized carbons (Fsp3) is 0.0508. The van der Waals surface area contributed by atoms with Crippen LogP contribution >= 0.6 is 0 Å². The molecule has 290 valence electrons. The highest BCUT2D eigenvalue weighted by Crippen LogP contribution is 2.56. The lowest BCUT2D eigenvalue weighted by atomic mass is 9.73. The predicted octanol–water partition coefficient (Wildman–Crippen LogP) is 16.6. The first-order chi connectivity index (χ1) is 30.0. The summed E-state index contributed by atoms with van der Waals surface area (Å²) >= 11 is 0. The zero-order valence-electron chi connectivity index (χ0n) is 34.3. The Kier molecular flexibility index (Phi) is 8.86. The monoisotopic (exact) mass is 780 g/mol. The average molecular weight is 781 g/mol. The first-order valence-electron chi connectivity index (χ1n) is 21.2. The van der Waals surface area contributed by atoms with Crippen molar-refractivity contribution in [3.05, 3.63) is 242 Å². The van der Waals surface area contributed by atoms with Crippen LogP contribution in [0.15, 0.2) is 231 Å². The molecule has 0 saturated heterocycles. The molecule has 0 bridgehead atoms. The minimum atomic E-state index is -0.219. The maximum absolute atomic E-state index is 2.56. The van der Waals surface area contributed by atoms with E-state index in [-0.39, 0.29) is 5.41 Å². The molecule has 11 rings (SSSR count). The third-order valence-electron chi connectivity index (χ3n) is 12.6. The van der Waals surface area contributed by atoms with Crippen molar-refractivity contribution in [2.24, 2.45) is 0 Å². The van der Waals surface area contributed by atoms with E-state index in [1.807, 2.05) is 0 Å². The van der Waals surface area contributed by atoms with Gasteiger partial charge in [0.2, 0.25) is 0 Å². The second kappa shape index (κ2) is 14.9. The fourth-order valence-corrected chi connectivity index (χ4v) is 9.62. The number of hydrogen-bond acceptors (Lipinski definition) is 2. The van der Waals surface area contributed by atoms with Gasteiger partial charge in [-0.1, -0.05) is 190 Å². The summed E-state index contributed by atoms with van der Waals surface area (Å²) in [6.45, 7) is 4.75. The summed E-state index contributed by atoms with van der Waals surface area (Å²) in [5.41, 5.74) is 16.5. The summed E-state index contributed by atoms with van der Waals surface area (Å²) in [5, 5.41) is 4.93. The molecule has 0 spiro atoms. The molecule has 10 aromatic rings. The van der Waals surface area contributed by atoms with Crippen LogP contribution in [0.4, 0.5) is 34.1 Å². The van der Waals surface area contributed by atoms with Crippen molar-refractivity contribution in [1.29, 1.82) is 0 Å². The molecule has 2 heteroatoms. The molecule has 1 heterocycles. The number of fused-ring (bicyclic) bond motifs is 4. The third-order valence-corrected chi connectivity index (χ3v) is 12.6. The van der Waals surface area contributed by atoms with Crippen molar-refractivity contribution in [2.75, 3.05) is 9.80 Å². The highest BCUT2D eigenvalue weighted by Gasteiger charge is 2.38. The van der Waals surface area contributed by atoms with Crippen molar-refractivity contribution < 1.29 is 0 Å². The maximum atomic E-state index is 2.56. The Hall–Kier alpha value is -7.68. The van der Waals surface area contributed by atoms with E-state index in [2.05, 4.69) is 254 Å². The van der Waals surface area contributed by atoms with Crippen molar-refractivity contribution in [2.45, 2.75) is 19.3 Å². The number of benzene rings is 10. The summed E-state index contributed by atoms with van der Waals surface area (Å²) in [5.74, 6) is 0. The largest absolute Gasteiger partial charge is 0.310 e. The van der Waals surface area contributed by atoms with Crippen molar-refractivity contribution in [1.82, 2.24) is 0 Å². The van der Waals surface area contributed by atoms with E-state index in [1.165, 1.54) is 77.6 Å². The SMILES string of the molecule is CC1(C)c2ccccc2N(c2c(-c3cccc(-c4cccc(N(c5ccccc5)c5ccccc5)c4)c3)ccc3ccccc23)c2cc(-c3cccc4ccccc34)ccc21. The predicted molar refractivity (Wildman–Crippen MR) is 259 cm³/mol. The quantitative estimate of drug-likeness (QED) is 0.159. The molecule has 1 aliphatic heterocycles. The molecule has 0 saturated carbocycles. The fourth-order valence-electron chi connectivity index (χ4n) is 9.62. The Bertz CT molecular complexity index is 3190. The number of anilines is 6. The Morgan fingerprint density at radius 1 is 0.344 bits per heavy atom. The van der Waals surface area contributed by atoms with E-state index in [9.17, 15) is 0 Å². The van der Waals surface area contributed by atoms with E-state index in [0.29, 0.717) is 0 Å². The molecule has 0 radical (unpaired) electrons. The van der Waals surface area contributed by atoms with E-state index in [1.54, 1.807) is 0 Å². The molecule has 0 aromatic heterocycles. The van der Waals surface area contributed by atoms with Gasteiger partial charge >= 0.3 is 0 Å². The Labute approximate surface area is 358 Å². The van der Waals surface area contributed by atoms with Gasteiger partial charge in [-0.15, -0.1) is 0 Å². The van der Waals surface area contributed by atoms with Crippen LogP contribution < -0.4 is 9.80 Å². The minimum absolute atomic E-state index is 0.219. The van der Waals surface area contributed by atoms with Gasteiger partial charge in [-0.25, -0.2) is 0 Å². The molecular formula is C59H44N2. The zero-order valence-corrected chi connectivity index (χ0v) is 34.3. The number of nitrogens with zero attached hydrogens (tertiary/aromatic N) is 2. The molecule has 0 amide bonds. The van der Waals surface area contributed by atoms with Crippen LogP contribution in [-0.2, 0) is 5.41 Å². The van der Waals surface area contributed by atoms with Crippen LogP contribution in [0.3, 0.4) is 0 Å². The third kappa shape index (κ3) is 6.27. The summed E-state index contributed by atoms with van der Waals surface area (Å²) in [7, 11) is 0. The minimum Gasteiger partial charge on any atom is -0.310 e. The molecule has 0 unspecified atom stereocenters. The van der Waals surface area contributed by atoms with E-state index in [0.717, 1.165) is 22.6 Å². The van der Waals surface area contributed by atoms with Gasteiger partial charge in [-0.2, -0.15) is 0 Å². The summed E-state index contributed by atoms with van der Waals surface area (Å²) < 4.78 is 0. The highest BCUT2D eigenvalue weighted by molar-refractivity contribution is 6.08. The van der Waals surface area contributed by atoms with Crippen molar-refractivity contribution in [3.8, 4) is 33.4 Å². The first-order valence-corrected chi connectivity index (χ1v) is 21.2. The van der Waals surface area contributed by atoms with Crippen LogP contribution in [0.1, 0.15) is 25.0 Å². The second-order valence-corrected chi connectivity index (χ2v) is 16.6. The standard InChI is InChI=1S/C59H44N2/c1-59(2)54-32-13-14-33-56(54)61(57-40-46(35-37-55(57)59)51-31-17-20-41-18-9-11-29-50(41)51)58-52-30-12-10-19-42(52)34-36-53(58)45-23-15-21-43(38-45)44-22-16-28-49(39-44)60(47-24-5-3-6-25-47)48-26-7-4-8-27-48/h3-40H,1-2H3. The lowest BCUT2D eigenvalue weighted by molar-refractivity contribution is 0.632. The summed E-state index contributed by atoms with van der Waals surface area (Å²) in [6, 6.07) is 84.2. The molecule has 10 aromatic carbocycles. The Morgan fingerprint density at radius 3 is 1.66 bits per heavy atom. The smallest absolute Gasteiger partial charge is 0.0618 e.